The van der Waals surface area contributed by atoms with Gasteiger partial charge in [0.1, 0.15) is 11.4 Å². The first-order valence-electron chi connectivity index (χ1n) is 8.17. The first-order chi connectivity index (χ1) is 12.1. The third kappa shape index (κ3) is 3.35. The molecule has 0 saturated heterocycles. The summed E-state index contributed by atoms with van der Waals surface area (Å²) in [5.41, 5.74) is 1.77. The van der Waals surface area contributed by atoms with E-state index < -0.39 is 0 Å². The molecule has 2 aromatic heterocycles. The third-order valence-corrected chi connectivity index (χ3v) is 6.23. The van der Waals surface area contributed by atoms with Crippen LogP contribution in [0.25, 0.3) is 10.2 Å². The minimum Gasteiger partial charge on any atom is -0.325 e. The molecule has 3 aromatic rings. The molecule has 0 saturated carbocycles. The predicted molar refractivity (Wildman–Crippen MR) is 108 cm³/mol. The maximum absolute atomic E-state index is 12.9. The van der Waals surface area contributed by atoms with Crippen LogP contribution in [0.1, 0.15) is 23.3 Å². The van der Waals surface area contributed by atoms with Gasteiger partial charge in [-0.25, -0.2) is 4.98 Å². The van der Waals surface area contributed by atoms with Crippen LogP contribution in [0.4, 0.5) is 5.69 Å². The Balaban J connectivity index is 1.62. The molecule has 5 nitrogen and oxygen atoms in total. The Morgan fingerprint density at radius 3 is 3.00 bits per heavy atom. The van der Waals surface area contributed by atoms with E-state index in [1.165, 1.54) is 22.2 Å². The molecular weight excluding hydrogens is 449 g/mol. The first kappa shape index (κ1) is 16.7. The number of fused-ring (bicyclic) bond motifs is 3. The van der Waals surface area contributed by atoms with E-state index in [0.29, 0.717) is 5.39 Å². The van der Waals surface area contributed by atoms with Crippen molar-refractivity contribution in [1.82, 2.24) is 9.55 Å². The van der Waals surface area contributed by atoms with Crippen molar-refractivity contribution in [2.45, 2.75) is 32.2 Å². The summed E-state index contributed by atoms with van der Waals surface area (Å²) in [4.78, 5) is 31.7. The Morgan fingerprint density at radius 2 is 2.16 bits per heavy atom. The van der Waals surface area contributed by atoms with Gasteiger partial charge in [0, 0.05) is 14.1 Å². The van der Waals surface area contributed by atoms with Crippen molar-refractivity contribution in [2.75, 3.05) is 5.32 Å². The van der Waals surface area contributed by atoms with Gasteiger partial charge in [0.25, 0.3) is 5.56 Å². The van der Waals surface area contributed by atoms with E-state index in [-0.39, 0.29) is 18.0 Å². The molecule has 0 spiro atoms. The van der Waals surface area contributed by atoms with Gasteiger partial charge >= 0.3 is 0 Å². The lowest BCUT2D eigenvalue weighted by atomic mass is 9.97. The number of nitrogens with zero attached hydrogens (tertiary/aromatic N) is 2. The quantitative estimate of drug-likeness (QED) is 0.602. The number of nitrogens with one attached hydrogen (secondary N) is 1. The SMILES string of the molecule is O=C(Cn1cnc2sc3c(c2c1=O)CCCC3)Nc1cccc(I)c1. The Kier molecular flexibility index (Phi) is 4.60. The lowest BCUT2D eigenvalue weighted by Gasteiger charge is -2.10. The number of aryl methyl sites for hydroxylation is 2. The van der Waals surface area contributed by atoms with E-state index in [9.17, 15) is 9.59 Å². The highest BCUT2D eigenvalue weighted by Gasteiger charge is 2.20. The molecule has 0 fully saturated rings. The maximum atomic E-state index is 12.9. The number of anilines is 1. The molecule has 0 unspecified atom stereocenters. The third-order valence-electron chi connectivity index (χ3n) is 4.36. The van der Waals surface area contributed by atoms with Gasteiger partial charge in [-0.2, -0.15) is 0 Å². The van der Waals surface area contributed by atoms with Crippen molar-refractivity contribution in [1.29, 1.82) is 0 Å². The molecule has 4 rings (SSSR count). The molecule has 1 N–H and O–H groups in total. The zero-order valence-electron chi connectivity index (χ0n) is 13.4. The smallest absolute Gasteiger partial charge is 0.262 e. The van der Waals surface area contributed by atoms with Gasteiger partial charge in [0.2, 0.25) is 5.91 Å². The van der Waals surface area contributed by atoms with Crippen molar-refractivity contribution in [3.05, 3.63) is 55.0 Å². The first-order valence-corrected chi connectivity index (χ1v) is 10.1. The Labute approximate surface area is 162 Å². The number of halogens is 1. The summed E-state index contributed by atoms with van der Waals surface area (Å²) in [6.45, 7) is -0.0299. The molecule has 0 atom stereocenters. The van der Waals surface area contributed by atoms with Crippen molar-refractivity contribution in [2.24, 2.45) is 0 Å². The molecule has 7 heteroatoms. The average Bonchev–Trinajstić information content (AvgIpc) is 2.96. The van der Waals surface area contributed by atoms with E-state index >= 15 is 0 Å². The monoisotopic (exact) mass is 465 g/mol. The summed E-state index contributed by atoms with van der Waals surface area (Å²) in [5.74, 6) is -0.227. The number of carbonyl (C=O) groups is 1. The number of carbonyl (C=O) groups excluding carboxylic acids is 1. The van der Waals surface area contributed by atoms with Crippen LogP contribution in [-0.4, -0.2) is 15.5 Å². The van der Waals surface area contributed by atoms with Crippen molar-refractivity contribution in [3.8, 4) is 0 Å². The number of amides is 1. The zero-order chi connectivity index (χ0) is 17.4. The van der Waals surface area contributed by atoms with E-state index in [0.717, 1.165) is 38.9 Å². The number of thiophene rings is 1. The molecule has 0 aliphatic heterocycles. The van der Waals surface area contributed by atoms with Gasteiger partial charge in [-0.3, -0.25) is 14.2 Å². The van der Waals surface area contributed by atoms with Gasteiger partial charge in [0.15, 0.2) is 0 Å². The van der Waals surface area contributed by atoms with Crippen LogP contribution >= 0.6 is 33.9 Å². The summed E-state index contributed by atoms with van der Waals surface area (Å²) in [7, 11) is 0. The molecular formula is C18H16IN3O2S. The minimum absolute atomic E-state index is 0.0299. The lowest BCUT2D eigenvalue weighted by Crippen LogP contribution is -2.28. The second kappa shape index (κ2) is 6.87. The fourth-order valence-corrected chi connectivity index (χ4v) is 4.98. The Morgan fingerprint density at radius 1 is 1.32 bits per heavy atom. The normalized spacial score (nSPS) is 13.6. The number of hydrogen-bond acceptors (Lipinski definition) is 4. The largest absolute Gasteiger partial charge is 0.325 e. The average molecular weight is 465 g/mol. The molecule has 0 radical (unpaired) electrons. The molecule has 25 heavy (non-hydrogen) atoms. The number of benzene rings is 1. The fourth-order valence-electron chi connectivity index (χ4n) is 3.22. The van der Waals surface area contributed by atoms with Crippen LogP contribution < -0.4 is 10.9 Å². The molecule has 2 heterocycles. The van der Waals surface area contributed by atoms with Gasteiger partial charge < -0.3 is 5.32 Å². The van der Waals surface area contributed by atoms with Crippen LogP contribution in [-0.2, 0) is 24.2 Å². The van der Waals surface area contributed by atoms with Crippen LogP contribution in [0.15, 0.2) is 35.4 Å². The van der Waals surface area contributed by atoms with E-state index in [2.05, 4.69) is 32.9 Å². The molecule has 128 valence electrons. The second-order valence-corrected chi connectivity index (χ2v) is 8.46. The van der Waals surface area contributed by atoms with E-state index in [4.69, 9.17) is 0 Å². The summed E-state index contributed by atoms with van der Waals surface area (Å²) < 4.78 is 2.45. The van der Waals surface area contributed by atoms with Crippen LogP contribution in [0.3, 0.4) is 0 Å². The van der Waals surface area contributed by atoms with E-state index in [1.54, 1.807) is 11.3 Å². The highest BCUT2D eigenvalue weighted by atomic mass is 127. The standard InChI is InChI=1S/C18H16IN3O2S/c19-11-4-3-5-12(8-11)21-15(23)9-22-10-20-17-16(18(22)24)13-6-1-2-7-14(13)25-17/h3-5,8,10H,1-2,6-7,9H2,(H,21,23). The van der Waals surface area contributed by atoms with Crippen LogP contribution in [0, 0.1) is 3.57 Å². The Bertz CT molecular complexity index is 1020. The molecule has 1 aromatic carbocycles. The summed E-state index contributed by atoms with van der Waals surface area (Å²) in [5, 5.41) is 3.55. The Hall–Kier alpha value is -1.74. The molecule has 1 aliphatic rings. The zero-order valence-corrected chi connectivity index (χ0v) is 16.4. The molecule has 1 amide bonds. The number of rotatable bonds is 3. The fraction of sp³-hybridized carbons (Fsp3) is 0.278. The van der Waals surface area contributed by atoms with Crippen LogP contribution in [0.2, 0.25) is 0 Å². The predicted octanol–water partition coefficient (Wildman–Crippen LogP) is 3.58. The second-order valence-electron chi connectivity index (χ2n) is 6.13. The van der Waals surface area contributed by atoms with Crippen molar-refractivity contribution >= 4 is 55.7 Å². The summed E-state index contributed by atoms with van der Waals surface area (Å²) in [6, 6.07) is 7.56. The number of hydrogen-bond donors (Lipinski definition) is 1. The van der Waals surface area contributed by atoms with Gasteiger partial charge in [-0.15, -0.1) is 11.3 Å². The summed E-state index contributed by atoms with van der Waals surface area (Å²) >= 11 is 3.81. The van der Waals surface area contributed by atoms with Crippen molar-refractivity contribution < 1.29 is 4.79 Å². The van der Waals surface area contributed by atoms with Gasteiger partial charge in [-0.05, 0) is 72.0 Å². The van der Waals surface area contributed by atoms with Crippen LogP contribution in [0.5, 0.6) is 0 Å². The minimum atomic E-state index is -0.227. The molecule has 1 aliphatic carbocycles. The topological polar surface area (TPSA) is 64.0 Å². The van der Waals surface area contributed by atoms with E-state index in [1.807, 2.05) is 24.3 Å². The maximum Gasteiger partial charge on any atom is 0.262 e. The van der Waals surface area contributed by atoms with Gasteiger partial charge in [-0.1, -0.05) is 6.07 Å². The highest BCUT2D eigenvalue weighted by Crippen LogP contribution is 2.33. The van der Waals surface area contributed by atoms with Crippen molar-refractivity contribution in [3.63, 3.8) is 0 Å². The van der Waals surface area contributed by atoms with Gasteiger partial charge in [0.05, 0.1) is 11.7 Å². The lowest BCUT2D eigenvalue weighted by molar-refractivity contribution is -0.116. The molecule has 0 bridgehead atoms. The summed E-state index contributed by atoms with van der Waals surface area (Å²) in [6.07, 6.45) is 5.74. The number of aromatic nitrogens is 2. The highest BCUT2D eigenvalue weighted by molar-refractivity contribution is 14.1.